The van der Waals surface area contributed by atoms with Crippen LogP contribution in [0, 0.1) is 3.57 Å². The van der Waals surface area contributed by atoms with Crippen LogP contribution < -0.4 is 11.5 Å². The van der Waals surface area contributed by atoms with E-state index in [2.05, 4.69) is 39.7 Å². The topological polar surface area (TPSA) is 64.4 Å². The van der Waals surface area contributed by atoms with Crippen LogP contribution in [0.25, 0.3) is 10.8 Å². The van der Waals surface area contributed by atoms with E-state index in [4.69, 9.17) is 11.5 Å². The second kappa shape index (κ2) is 4.06. The van der Waals surface area contributed by atoms with Gasteiger partial charge in [0.25, 0.3) is 0 Å². The SMILES string of the molecule is NC(N)=Nc1cc2ccccc2cc1I. The smallest absolute Gasteiger partial charge is 0.191 e. The van der Waals surface area contributed by atoms with Gasteiger partial charge in [-0.2, -0.15) is 0 Å². The number of nitrogens with two attached hydrogens (primary N) is 2. The Hall–Kier alpha value is -1.30. The fourth-order valence-corrected chi connectivity index (χ4v) is 2.04. The van der Waals surface area contributed by atoms with Crippen LogP contribution in [0.3, 0.4) is 0 Å². The van der Waals surface area contributed by atoms with Gasteiger partial charge in [0.15, 0.2) is 5.96 Å². The van der Waals surface area contributed by atoms with E-state index in [1.165, 1.54) is 5.39 Å². The first-order chi connectivity index (χ1) is 7.16. The normalized spacial score (nSPS) is 10.2. The summed E-state index contributed by atoms with van der Waals surface area (Å²) in [5.74, 6) is 0.0863. The molecule has 0 radical (unpaired) electrons. The van der Waals surface area contributed by atoms with Crippen LogP contribution in [0.1, 0.15) is 0 Å². The van der Waals surface area contributed by atoms with Gasteiger partial charge in [-0.05, 0) is 45.5 Å². The Labute approximate surface area is 101 Å². The molecule has 2 rings (SSSR count). The van der Waals surface area contributed by atoms with E-state index >= 15 is 0 Å². The Kier molecular flexibility index (Phi) is 2.77. The molecule has 0 aliphatic rings. The number of nitrogens with zero attached hydrogens (tertiary/aromatic N) is 1. The van der Waals surface area contributed by atoms with Crippen LogP contribution in [0.15, 0.2) is 41.4 Å². The van der Waals surface area contributed by atoms with Gasteiger partial charge in [-0.1, -0.05) is 24.3 Å². The predicted molar refractivity (Wildman–Crippen MR) is 72.1 cm³/mol. The molecule has 0 heterocycles. The molecule has 3 nitrogen and oxygen atoms in total. The van der Waals surface area contributed by atoms with Gasteiger partial charge >= 0.3 is 0 Å². The number of benzene rings is 2. The molecular weight excluding hydrogens is 301 g/mol. The molecule has 0 aliphatic heterocycles. The highest BCUT2D eigenvalue weighted by molar-refractivity contribution is 14.1. The quantitative estimate of drug-likeness (QED) is 0.482. The van der Waals surface area contributed by atoms with Gasteiger partial charge in [-0.15, -0.1) is 0 Å². The summed E-state index contributed by atoms with van der Waals surface area (Å²) in [5.41, 5.74) is 11.5. The first kappa shape index (κ1) is 10.2. The molecule has 4 N–H and O–H groups in total. The minimum absolute atomic E-state index is 0.0863. The summed E-state index contributed by atoms with van der Waals surface area (Å²) in [6.45, 7) is 0. The van der Waals surface area contributed by atoms with Gasteiger partial charge < -0.3 is 11.5 Å². The fourth-order valence-electron chi connectivity index (χ4n) is 1.43. The largest absolute Gasteiger partial charge is 0.370 e. The number of halogens is 1. The number of fused-ring (bicyclic) bond motifs is 1. The van der Waals surface area contributed by atoms with E-state index in [1.807, 2.05) is 24.3 Å². The highest BCUT2D eigenvalue weighted by Gasteiger charge is 2.01. The van der Waals surface area contributed by atoms with Crippen molar-refractivity contribution in [2.24, 2.45) is 16.5 Å². The summed E-state index contributed by atoms with van der Waals surface area (Å²) >= 11 is 2.22. The highest BCUT2D eigenvalue weighted by Crippen LogP contribution is 2.27. The Balaban J connectivity index is 2.67. The number of guanidine groups is 1. The molecule has 2 aromatic carbocycles. The van der Waals surface area contributed by atoms with Crippen molar-refractivity contribution < 1.29 is 0 Å². The summed E-state index contributed by atoms with van der Waals surface area (Å²) in [6, 6.07) is 12.2. The summed E-state index contributed by atoms with van der Waals surface area (Å²) < 4.78 is 1.04. The second-order valence-corrected chi connectivity index (χ2v) is 4.35. The van der Waals surface area contributed by atoms with Crippen molar-refractivity contribution in [2.75, 3.05) is 0 Å². The van der Waals surface area contributed by atoms with Crippen molar-refractivity contribution in [3.8, 4) is 0 Å². The second-order valence-electron chi connectivity index (χ2n) is 3.19. The lowest BCUT2D eigenvalue weighted by Gasteiger charge is -2.02. The molecule has 0 bridgehead atoms. The average Bonchev–Trinajstić information content (AvgIpc) is 2.18. The number of rotatable bonds is 1. The Bertz CT molecular complexity index is 530. The van der Waals surface area contributed by atoms with Crippen LogP contribution in [0.4, 0.5) is 5.69 Å². The molecule has 76 valence electrons. The monoisotopic (exact) mass is 311 g/mol. The molecule has 0 amide bonds. The first-order valence-corrected chi connectivity index (χ1v) is 5.52. The average molecular weight is 311 g/mol. The Morgan fingerprint density at radius 2 is 1.67 bits per heavy atom. The fraction of sp³-hybridized carbons (Fsp3) is 0. The van der Waals surface area contributed by atoms with E-state index in [9.17, 15) is 0 Å². The van der Waals surface area contributed by atoms with E-state index in [1.54, 1.807) is 0 Å². The molecule has 15 heavy (non-hydrogen) atoms. The first-order valence-electron chi connectivity index (χ1n) is 4.45. The zero-order valence-corrected chi connectivity index (χ0v) is 10.1. The lowest BCUT2D eigenvalue weighted by atomic mass is 10.1. The van der Waals surface area contributed by atoms with E-state index in [0.717, 1.165) is 14.6 Å². The maximum atomic E-state index is 5.36. The van der Waals surface area contributed by atoms with E-state index in [-0.39, 0.29) is 5.96 Å². The molecule has 0 saturated heterocycles. The minimum atomic E-state index is 0.0863. The van der Waals surface area contributed by atoms with Gasteiger partial charge in [0.2, 0.25) is 0 Å². The highest BCUT2D eigenvalue weighted by atomic mass is 127. The van der Waals surface area contributed by atoms with Gasteiger partial charge in [0, 0.05) is 3.57 Å². The molecule has 4 heteroatoms. The van der Waals surface area contributed by atoms with Crippen LogP contribution in [-0.2, 0) is 0 Å². The van der Waals surface area contributed by atoms with Gasteiger partial charge in [-0.3, -0.25) is 0 Å². The lowest BCUT2D eigenvalue weighted by molar-refractivity contribution is 1.42. The summed E-state index contributed by atoms with van der Waals surface area (Å²) in [6.07, 6.45) is 0. The molecule has 0 fully saturated rings. The zero-order valence-electron chi connectivity index (χ0n) is 7.94. The van der Waals surface area contributed by atoms with Gasteiger partial charge in [-0.25, -0.2) is 4.99 Å². The molecular formula is C11H10IN3. The third kappa shape index (κ3) is 2.20. The molecule has 0 atom stereocenters. The van der Waals surface area contributed by atoms with Crippen LogP contribution in [-0.4, -0.2) is 5.96 Å². The molecule has 0 unspecified atom stereocenters. The standard InChI is InChI=1S/C11H10IN3/c12-9-5-7-3-1-2-4-8(7)6-10(9)15-11(13)14/h1-6H,(H4,13,14,15). The van der Waals surface area contributed by atoms with Crippen molar-refractivity contribution in [3.05, 3.63) is 40.0 Å². The van der Waals surface area contributed by atoms with Crippen LogP contribution >= 0.6 is 22.6 Å². The summed E-state index contributed by atoms with van der Waals surface area (Å²) in [4.78, 5) is 4.07. The number of hydrogen-bond acceptors (Lipinski definition) is 1. The Morgan fingerprint density at radius 1 is 1.07 bits per heavy atom. The van der Waals surface area contributed by atoms with Crippen molar-refractivity contribution >= 4 is 45.0 Å². The number of aliphatic imine (C=N–C) groups is 1. The van der Waals surface area contributed by atoms with Crippen molar-refractivity contribution in [1.29, 1.82) is 0 Å². The zero-order chi connectivity index (χ0) is 10.8. The molecule has 0 spiro atoms. The molecule has 0 saturated carbocycles. The minimum Gasteiger partial charge on any atom is -0.370 e. The van der Waals surface area contributed by atoms with Crippen LogP contribution in [0.5, 0.6) is 0 Å². The maximum Gasteiger partial charge on any atom is 0.191 e. The molecule has 0 aliphatic carbocycles. The number of hydrogen-bond donors (Lipinski definition) is 2. The van der Waals surface area contributed by atoms with Crippen molar-refractivity contribution in [1.82, 2.24) is 0 Å². The van der Waals surface area contributed by atoms with Crippen molar-refractivity contribution in [2.45, 2.75) is 0 Å². The molecule has 2 aromatic rings. The lowest BCUT2D eigenvalue weighted by Crippen LogP contribution is -2.22. The van der Waals surface area contributed by atoms with Crippen LogP contribution in [0.2, 0.25) is 0 Å². The van der Waals surface area contributed by atoms with Crippen molar-refractivity contribution in [3.63, 3.8) is 0 Å². The maximum absolute atomic E-state index is 5.36. The molecule has 0 aromatic heterocycles. The third-order valence-electron chi connectivity index (χ3n) is 2.06. The van der Waals surface area contributed by atoms with E-state index in [0.29, 0.717) is 0 Å². The Morgan fingerprint density at radius 3 is 2.27 bits per heavy atom. The summed E-state index contributed by atoms with van der Waals surface area (Å²) in [7, 11) is 0. The van der Waals surface area contributed by atoms with Gasteiger partial charge in [0.1, 0.15) is 0 Å². The van der Waals surface area contributed by atoms with E-state index < -0.39 is 0 Å². The third-order valence-corrected chi connectivity index (χ3v) is 2.93. The predicted octanol–water partition coefficient (Wildman–Crippen LogP) is 2.35. The summed E-state index contributed by atoms with van der Waals surface area (Å²) in [5, 5.41) is 2.33. The van der Waals surface area contributed by atoms with Gasteiger partial charge in [0.05, 0.1) is 5.69 Å².